The lowest BCUT2D eigenvalue weighted by Crippen LogP contribution is -2.48. The number of benzene rings is 2. The second kappa shape index (κ2) is 7.64. The molecule has 2 aromatic carbocycles. The van der Waals surface area contributed by atoms with Crippen molar-refractivity contribution in [1.29, 1.82) is 0 Å². The molecule has 28 heavy (non-hydrogen) atoms. The van der Waals surface area contributed by atoms with Gasteiger partial charge in [0.15, 0.2) is 0 Å². The van der Waals surface area contributed by atoms with E-state index in [9.17, 15) is 9.18 Å². The molecule has 0 spiro atoms. The fraction of sp³-hybridized carbons (Fsp3) is 0.238. The summed E-state index contributed by atoms with van der Waals surface area (Å²) in [5.74, 6) is -0.327. The zero-order valence-electron chi connectivity index (χ0n) is 15.4. The van der Waals surface area contributed by atoms with Gasteiger partial charge in [-0.25, -0.2) is 4.39 Å². The molecule has 5 nitrogen and oxygen atoms in total. The molecular weight excluding hydrogens is 381 g/mol. The monoisotopic (exact) mass is 399 g/mol. The van der Waals surface area contributed by atoms with Gasteiger partial charge in [0.1, 0.15) is 11.5 Å². The first-order valence-corrected chi connectivity index (χ1v) is 9.42. The molecular formula is C21H19ClFN3O2. The van der Waals surface area contributed by atoms with Gasteiger partial charge in [0, 0.05) is 48.5 Å². The smallest absolute Gasteiger partial charge is 0.292 e. The van der Waals surface area contributed by atoms with Crippen LogP contribution in [0.4, 0.5) is 10.1 Å². The number of amides is 1. The minimum absolute atomic E-state index is 0.187. The fourth-order valence-electron chi connectivity index (χ4n) is 3.36. The molecule has 0 atom stereocenters. The Balaban J connectivity index is 1.43. The highest BCUT2D eigenvalue weighted by molar-refractivity contribution is 6.30. The van der Waals surface area contributed by atoms with E-state index >= 15 is 0 Å². The average Bonchev–Trinajstić information content (AvgIpc) is 3.20. The molecule has 1 amide bonds. The quantitative estimate of drug-likeness (QED) is 0.654. The summed E-state index contributed by atoms with van der Waals surface area (Å²) in [6, 6.07) is 13.3. The highest BCUT2D eigenvalue weighted by atomic mass is 35.5. The highest BCUT2D eigenvalue weighted by Crippen LogP contribution is 2.26. The summed E-state index contributed by atoms with van der Waals surface area (Å²) in [5.41, 5.74) is 3.46. The summed E-state index contributed by atoms with van der Waals surface area (Å²) in [5, 5.41) is 4.65. The Morgan fingerprint density at radius 3 is 2.50 bits per heavy atom. The van der Waals surface area contributed by atoms with E-state index in [1.165, 1.54) is 12.1 Å². The van der Waals surface area contributed by atoms with Gasteiger partial charge < -0.3 is 14.3 Å². The molecule has 1 saturated heterocycles. The third kappa shape index (κ3) is 3.73. The van der Waals surface area contributed by atoms with E-state index in [0.717, 1.165) is 11.3 Å². The molecule has 144 valence electrons. The van der Waals surface area contributed by atoms with Crippen LogP contribution < -0.4 is 4.90 Å². The normalized spacial score (nSPS) is 14.4. The number of rotatable bonds is 3. The number of halogens is 2. The maximum atomic E-state index is 13.1. The Morgan fingerprint density at radius 1 is 1.07 bits per heavy atom. The lowest BCUT2D eigenvalue weighted by Gasteiger charge is -2.36. The van der Waals surface area contributed by atoms with Crippen LogP contribution in [0.25, 0.3) is 11.3 Å². The summed E-state index contributed by atoms with van der Waals surface area (Å²) in [6.45, 7) is 4.64. The first-order valence-electron chi connectivity index (χ1n) is 9.04. The Bertz CT molecular complexity index is 995. The van der Waals surface area contributed by atoms with E-state index < -0.39 is 0 Å². The molecule has 3 aromatic rings. The average molecular weight is 400 g/mol. The number of aryl methyl sites for hydroxylation is 1. The van der Waals surface area contributed by atoms with Crippen molar-refractivity contribution >= 4 is 23.2 Å². The number of anilines is 1. The predicted molar refractivity (Wildman–Crippen MR) is 106 cm³/mol. The van der Waals surface area contributed by atoms with Crippen LogP contribution >= 0.6 is 11.6 Å². The Morgan fingerprint density at radius 2 is 1.79 bits per heavy atom. The van der Waals surface area contributed by atoms with Crippen molar-refractivity contribution in [2.45, 2.75) is 6.92 Å². The van der Waals surface area contributed by atoms with Crippen LogP contribution in [0.3, 0.4) is 0 Å². The molecule has 1 aliphatic heterocycles. The van der Waals surface area contributed by atoms with E-state index in [1.54, 1.807) is 23.1 Å². The lowest BCUT2D eigenvalue weighted by molar-refractivity contribution is 0.0705. The second-order valence-electron chi connectivity index (χ2n) is 6.79. The molecule has 0 saturated carbocycles. The van der Waals surface area contributed by atoms with E-state index in [0.29, 0.717) is 42.5 Å². The fourth-order valence-corrected chi connectivity index (χ4v) is 3.53. The van der Waals surface area contributed by atoms with E-state index in [4.69, 9.17) is 16.1 Å². The van der Waals surface area contributed by atoms with Gasteiger partial charge in [-0.2, -0.15) is 0 Å². The number of aromatic nitrogens is 1. The van der Waals surface area contributed by atoms with Crippen LogP contribution in [0.5, 0.6) is 0 Å². The predicted octanol–water partition coefficient (Wildman–Crippen LogP) is 4.40. The third-order valence-electron chi connectivity index (χ3n) is 4.94. The molecule has 1 fully saturated rings. The van der Waals surface area contributed by atoms with Crippen molar-refractivity contribution in [2.75, 3.05) is 31.1 Å². The molecule has 1 aliphatic rings. The van der Waals surface area contributed by atoms with Crippen molar-refractivity contribution in [2.24, 2.45) is 0 Å². The number of carbonyl (C=O) groups is 1. The zero-order chi connectivity index (χ0) is 19.7. The van der Waals surface area contributed by atoms with E-state index in [1.807, 2.05) is 18.2 Å². The molecule has 7 heteroatoms. The van der Waals surface area contributed by atoms with Crippen molar-refractivity contribution in [3.05, 3.63) is 70.7 Å². The zero-order valence-corrected chi connectivity index (χ0v) is 16.1. The van der Waals surface area contributed by atoms with Crippen LogP contribution in [0.1, 0.15) is 16.1 Å². The van der Waals surface area contributed by atoms with Crippen LogP contribution in [0.2, 0.25) is 5.02 Å². The minimum atomic E-state index is -0.323. The van der Waals surface area contributed by atoms with Crippen molar-refractivity contribution in [3.63, 3.8) is 0 Å². The summed E-state index contributed by atoms with van der Waals surface area (Å²) in [7, 11) is 0. The van der Waals surface area contributed by atoms with E-state index in [-0.39, 0.29) is 17.5 Å². The largest absolute Gasteiger partial charge is 0.368 e. The Hall–Kier alpha value is -2.86. The van der Waals surface area contributed by atoms with Gasteiger partial charge in [0.05, 0.1) is 0 Å². The first kappa shape index (κ1) is 18.5. The second-order valence-corrected chi connectivity index (χ2v) is 7.23. The standard InChI is InChI=1S/C21H19ClFN3O2/c1-14-2-5-16(22)12-19(14)25-8-10-26(11-9-25)21(27)20-13-18(24-28-20)15-3-6-17(23)7-4-15/h2-7,12-13H,8-11H2,1H3. The third-order valence-corrected chi connectivity index (χ3v) is 5.17. The number of carbonyl (C=O) groups excluding carboxylic acids is 1. The Labute approximate surface area is 167 Å². The van der Waals surface area contributed by atoms with Gasteiger partial charge >= 0.3 is 0 Å². The number of hydrogen-bond donors (Lipinski definition) is 0. The molecule has 0 bridgehead atoms. The van der Waals surface area contributed by atoms with Crippen LogP contribution in [0.15, 0.2) is 53.1 Å². The molecule has 1 aromatic heterocycles. The maximum absolute atomic E-state index is 13.1. The van der Waals surface area contributed by atoms with Crippen LogP contribution in [0, 0.1) is 12.7 Å². The van der Waals surface area contributed by atoms with Gasteiger partial charge in [-0.1, -0.05) is 22.8 Å². The summed E-state index contributed by atoms with van der Waals surface area (Å²) in [6.07, 6.45) is 0. The van der Waals surface area contributed by atoms with Crippen LogP contribution in [-0.4, -0.2) is 42.1 Å². The van der Waals surface area contributed by atoms with Crippen LogP contribution in [-0.2, 0) is 0 Å². The maximum Gasteiger partial charge on any atom is 0.292 e. The topological polar surface area (TPSA) is 49.6 Å². The Kier molecular flexibility index (Phi) is 5.05. The molecule has 0 unspecified atom stereocenters. The van der Waals surface area contributed by atoms with Gasteiger partial charge in [-0.15, -0.1) is 0 Å². The molecule has 4 rings (SSSR count). The van der Waals surface area contributed by atoms with Gasteiger partial charge in [-0.3, -0.25) is 4.79 Å². The highest BCUT2D eigenvalue weighted by Gasteiger charge is 2.26. The van der Waals surface area contributed by atoms with Crippen molar-refractivity contribution in [1.82, 2.24) is 10.1 Å². The number of hydrogen-bond acceptors (Lipinski definition) is 4. The molecule has 0 N–H and O–H groups in total. The van der Waals surface area contributed by atoms with Crippen molar-refractivity contribution in [3.8, 4) is 11.3 Å². The SMILES string of the molecule is Cc1ccc(Cl)cc1N1CCN(C(=O)c2cc(-c3ccc(F)cc3)no2)CC1. The summed E-state index contributed by atoms with van der Waals surface area (Å²) in [4.78, 5) is 16.7. The number of nitrogens with zero attached hydrogens (tertiary/aromatic N) is 3. The minimum Gasteiger partial charge on any atom is -0.368 e. The molecule has 2 heterocycles. The molecule has 0 aliphatic carbocycles. The summed E-state index contributed by atoms with van der Waals surface area (Å²) >= 11 is 6.13. The lowest BCUT2D eigenvalue weighted by atomic mass is 10.1. The number of piperazine rings is 1. The first-order chi connectivity index (χ1) is 13.5. The van der Waals surface area contributed by atoms with Gasteiger partial charge in [-0.05, 0) is 48.9 Å². The summed E-state index contributed by atoms with van der Waals surface area (Å²) < 4.78 is 18.3. The molecule has 0 radical (unpaired) electrons. The van der Waals surface area contributed by atoms with Crippen molar-refractivity contribution < 1.29 is 13.7 Å². The van der Waals surface area contributed by atoms with Gasteiger partial charge in [0.25, 0.3) is 5.91 Å². The van der Waals surface area contributed by atoms with Gasteiger partial charge in [0.2, 0.25) is 5.76 Å². The van der Waals surface area contributed by atoms with E-state index in [2.05, 4.69) is 17.0 Å².